The van der Waals surface area contributed by atoms with Gasteiger partial charge in [-0.15, -0.1) is 0 Å². The molecule has 9 aromatic carbocycles. The highest BCUT2D eigenvalue weighted by Crippen LogP contribution is 2.53. The molecule has 1 aliphatic carbocycles. The maximum Gasteiger partial charge on any atom is 0.0656 e. The molecule has 0 spiro atoms. The molecular weight excluding hydrogens is 665 g/mol. The van der Waals surface area contributed by atoms with Crippen LogP contribution in [0.1, 0.15) is 25.0 Å². The molecule has 9 aromatic rings. The van der Waals surface area contributed by atoms with Crippen molar-refractivity contribution in [3.8, 4) is 44.5 Å². The van der Waals surface area contributed by atoms with E-state index in [0.29, 0.717) is 0 Å². The minimum atomic E-state index is -0.0457. The SMILES string of the molecule is CN1c2ccccc2N(C)c2cc(-c3c4ccccc4c(-c4ccc5c(c4)-c4ccccc4C5(C)C)c4cc(-c5ccc6ccccc6c5)ccc34)ccc21. The Morgan fingerprint density at radius 2 is 0.873 bits per heavy atom. The van der Waals surface area contributed by atoms with E-state index in [1.807, 2.05) is 0 Å². The summed E-state index contributed by atoms with van der Waals surface area (Å²) in [6.07, 6.45) is 0. The largest absolute Gasteiger partial charge is 0.341 e. The molecule has 0 radical (unpaired) electrons. The Morgan fingerprint density at radius 1 is 0.345 bits per heavy atom. The average Bonchev–Trinajstić information content (AvgIpc) is 3.46. The lowest BCUT2D eigenvalue weighted by atomic mass is 9.81. The van der Waals surface area contributed by atoms with Crippen molar-refractivity contribution in [1.82, 2.24) is 0 Å². The lowest BCUT2D eigenvalue weighted by Gasteiger charge is -2.36. The minimum absolute atomic E-state index is 0.0457. The first-order valence-corrected chi connectivity index (χ1v) is 19.3. The molecule has 0 fully saturated rings. The van der Waals surface area contributed by atoms with Gasteiger partial charge in [-0.1, -0.05) is 141 Å². The van der Waals surface area contributed by atoms with E-state index in [1.165, 1.54) is 111 Å². The normalized spacial score (nSPS) is 13.9. The van der Waals surface area contributed by atoms with Gasteiger partial charge in [0.1, 0.15) is 0 Å². The molecule has 0 bridgehead atoms. The first-order chi connectivity index (χ1) is 26.9. The highest BCUT2D eigenvalue weighted by molar-refractivity contribution is 6.22. The van der Waals surface area contributed by atoms with E-state index in [-0.39, 0.29) is 5.41 Å². The highest BCUT2D eigenvalue weighted by atomic mass is 15.2. The summed E-state index contributed by atoms with van der Waals surface area (Å²) in [5.41, 5.74) is 17.7. The van der Waals surface area contributed by atoms with Crippen LogP contribution in [0.4, 0.5) is 22.7 Å². The summed E-state index contributed by atoms with van der Waals surface area (Å²) in [6, 6.07) is 63.6. The average molecular weight is 705 g/mol. The second-order valence-corrected chi connectivity index (χ2v) is 15.9. The second-order valence-electron chi connectivity index (χ2n) is 15.9. The number of hydrogen-bond donors (Lipinski definition) is 0. The van der Waals surface area contributed by atoms with Gasteiger partial charge in [-0.3, -0.25) is 0 Å². The molecule has 0 unspecified atom stereocenters. The molecule has 0 saturated carbocycles. The zero-order chi connectivity index (χ0) is 37.0. The molecule has 0 atom stereocenters. The number of benzene rings is 9. The number of nitrogens with zero attached hydrogens (tertiary/aromatic N) is 2. The Labute approximate surface area is 322 Å². The standard InChI is InChI=1S/C53H40N2/c1-53(2)45-18-10-9-15-39(45)43-31-37(24-27-46(43)53)52-41-17-8-7-16-40(41)51(38-25-28-49-50(32-38)55(4)48-20-12-11-19-47(48)54(49)3)42-26-23-36(30-44(42)52)35-22-21-33-13-5-6-14-34(33)29-35/h5-32H,1-4H3. The van der Waals surface area contributed by atoms with Crippen molar-refractivity contribution >= 4 is 55.1 Å². The summed E-state index contributed by atoms with van der Waals surface area (Å²) in [4.78, 5) is 4.66. The van der Waals surface area contributed by atoms with Crippen LogP contribution < -0.4 is 9.80 Å². The molecule has 1 aliphatic heterocycles. The third-order valence-electron chi connectivity index (χ3n) is 12.6. The summed E-state index contributed by atoms with van der Waals surface area (Å²) in [5, 5.41) is 7.55. The predicted octanol–water partition coefficient (Wildman–Crippen LogP) is 14.3. The van der Waals surface area contributed by atoms with Crippen LogP contribution in [0.2, 0.25) is 0 Å². The van der Waals surface area contributed by atoms with Gasteiger partial charge in [-0.05, 0) is 130 Å². The van der Waals surface area contributed by atoms with Crippen LogP contribution in [0.5, 0.6) is 0 Å². The summed E-state index contributed by atoms with van der Waals surface area (Å²) in [6.45, 7) is 4.72. The molecule has 55 heavy (non-hydrogen) atoms. The van der Waals surface area contributed by atoms with Crippen LogP contribution in [0.3, 0.4) is 0 Å². The van der Waals surface area contributed by atoms with Gasteiger partial charge < -0.3 is 9.80 Å². The maximum absolute atomic E-state index is 2.47. The lowest BCUT2D eigenvalue weighted by Crippen LogP contribution is -2.24. The molecule has 0 amide bonds. The van der Waals surface area contributed by atoms with Crippen molar-refractivity contribution in [2.75, 3.05) is 23.9 Å². The third-order valence-corrected chi connectivity index (χ3v) is 12.6. The van der Waals surface area contributed by atoms with Gasteiger partial charge in [0.15, 0.2) is 0 Å². The quantitative estimate of drug-likeness (QED) is 0.169. The van der Waals surface area contributed by atoms with Crippen LogP contribution in [0, 0.1) is 0 Å². The summed E-state index contributed by atoms with van der Waals surface area (Å²) < 4.78 is 0. The van der Waals surface area contributed by atoms with Crippen LogP contribution >= 0.6 is 0 Å². The van der Waals surface area contributed by atoms with Crippen LogP contribution in [0.15, 0.2) is 170 Å². The summed E-state index contributed by atoms with van der Waals surface area (Å²) >= 11 is 0. The third kappa shape index (κ3) is 4.61. The maximum atomic E-state index is 2.47. The number of anilines is 4. The van der Waals surface area contributed by atoms with Crippen molar-refractivity contribution in [2.24, 2.45) is 0 Å². The van der Waals surface area contributed by atoms with Gasteiger partial charge in [0, 0.05) is 19.5 Å². The van der Waals surface area contributed by atoms with Crippen molar-refractivity contribution in [2.45, 2.75) is 19.3 Å². The Morgan fingerprint density at radius 3 is 1.67 bits per heavy atom. The van der Waals surface area contributed by atoms with Crippen molar-refractivity contribution in [1.29, 1.82) is 0 Å². The van der Waals surface area contributed by atoms with Gasteiger partial charge in [-0.2, -0.15) is 0 Å². The van der Waals surface area contributed by atoms with Crippen molar-refractivity contribution < 1.29 is 0 Å². The summed E-state index contributed by atoms with van der Waals surface area (Å²) in [7, 11) is 4.37. The molecule has 2 aliphatic rings. The molecule has 0 saturated heterocycles. The zero-order valence-electron chi connectivity index (χ0n) is 31.6. The van der Waals surface area contributed by atoms with Gasteiger partial charge in [0.25, 0.3) is 0 Å². The molecule has 1 heterocycles. The zero-order valence-corrected chi connectivity index (χ0v) is 31.6. The molecule has 11 rings (SSSR count). The first kappa shape index (κ1) is 31.8. The molecule has 0 aromatic heterocycles. The van der Waals surface area contributed by atoms with Gasteiger partial charge in [0.2, 0.25) is 0 Å². The minimum Gasteiger partial charge on any atom is -0.341 e. The first-order valence-electron chi connectivity index (χ1n) is 19.3. The Kier molecular flexibility index (Phi) is 6.76. The van der Waals surface area contributed by atoms with Crippen molar-refractivity contribution in [3.05, 3.63) is 181 Å². The highest BCUT2D eigenvalue weighted by Gasteiger charge is 2.35. The fourth-order valence-corrected chi connectivity index (χ4v) is 9.75. The molecular formula is C53H40N2. The Bertz CT molecular complexity index is 3060. The van der Waals surface area contributed by atoms with E-state index in [2.05, 4.69) is 208 Å². The number of hydrogen-bond acceptors (Lipinski definition) is 2. The van der Waals surface area contributed by atoms with E-state index in [0.717, 1.165) is 0 Å². The Balaban J connectivity index is 1.20. The van der Waals surface area contributed by atoms with Crippen LogP contribution in [-0.2, 0) is 5.41 Å². The number of para-hydroxylation sites is 2. The predicted molar refractivity (Wildman–Crippen MR) is 235 cm³/mol. The van der Waals surface area contributed by atoms with E-state index in [9.17, 15) is 0 Å². The fourth-order valence-electron chi connectivity index (χ4n) is 9.75. The number of rotatable bonds is 3. The molecule has 2 heteroatoms. The number of fused-ring (bicyclic) bond motifs is 8. The van der Waals surface area contributed by atoms with Gasteiger partial charge >= 0.3 is 0 Å². The smallest absolute Gasteiger partial charge is 0.0656 e. The van der Waals surface area contributed by atoms with E-state index < -0.39 is 0 Å². The topological polar surface area (TPSA) is 6.48 Å². The fraction of sp³-hybridized carbons (Fsp3) is 0.0943. The Hall–Kier alpha value is -6.64. The summed E-state index contributed by atoms with van der Waals surface area (Å²) in [5.74, 6) is 0. The van der Waals surface area contributed by atoms with E-state index >= 15 is 0 Å². The molecule has 2 nitrogen and oxygen atoms in total. The monoisotopic (exact) mass is 704 g/mol. The molecule has 0 N–H and O–H groups in total. The molecule has 262 valence electrons. The van der Waals surface area contributed by atoms with Crippen LogP contribution in [0.25, 0.3) is 76.8 Å². The second kappa shape index (κ2) is 11.7. The van der Waals surface area contributed by atoms with Crippen molar-refractivity contribution in [3.63, 3.8) is 0 Å². The van der Waals surface area contributed by atoms with E-state index in [4.69, 9.17) is 0 Å². The lowest BCUT2D eigenvalue weighted by molar-refractivity contribution is 0.660. The van der Waals surface area contributed by atoms with Gasteiger partial charge in [0.05, 0.1) is 22.7 Å². The van der Waals surface area contributed by atoms with E-state index in [1.54, 1.807) is 0 Å². The van der Waals surface area contributed by atoms with Crippen LogP contribution in [-0.4, -0.2) is 14.1 Å². The van der Waals surface area contributed by atoms with Gasteiger partial charge in [-0.25, -0.2) is 0 Å².